The normalized spacial score (nSPS) is 14.0. The van der Waals surface area contributed by atoms with Crippen LogP contribution >= 0.6 is 23.5 Å². The van der Waals surface area contributed by atoms with Gasteiger partial charge in [0.2, 0.25) is 0 Å². The third kappa shape index (κ3) is 13.4. The second kappa shape index (κ2) is 21.8. The lowest BCUT2D eigenvalue weighted by atomic mass is 9.92. The molecular weight excluding hydrogens is 933 g/mol. The number of aliphatic imine (C=N–C) groups is 2. The van der Waals surface area contributed by atoms with Gasteiger partial charge in [-0.25, -0.2) is 9.98 Å². The van der Waals surface area contributed by atoms with Crippen LogP contribution in [0.2, 0.25) is 77.6 Å². The first-order chi connectivity index (χ1) is 32.4. The molecule has 68 heavy (non-hydrogen) atoms. The minimum absolute atomic E-state index is 1.03. The standard InChI is InChI=1S/C58H74N2O2S2Si4/c1-65(2,3)61-67(7,8)39-23-13-11-17-25-43-31-35-45(36-32-43)49-41-51-54-53-52(64-57(59-55(49)53)47-27-19-15-20-28-47)42-50(56(54)60-58(63-51)48-29-21-16-22-30-48)46-37-33-44(34-38-46)26-18-12-14-24-40-68(9,10)62-66(4,5)6/h15-16,19-22,27-38,41-42H,11-14,17-18,23-26,39-40H2,1-10H3. The molecule has 0 amide bonds. The zero-order chi connectivity index (χ0) is 48.1. The van der Waals surface area contributed by atoms with Gasteiger partial charge in [-0.2, -0.15) is 0 Å². The summed E-state index contributed by atoms with van der Waals surface area (Å²) in [6.45, 7) is 23.6. The topological polar surface area (TPSA) is 43.2 Å². The van der Waals surface area contributed by atoms with Crippen molar-refractivity contribution in [3.8, 4) is 22.3 Å². The molecule has 0 spiro atoms. The summed E-state index contributed by atoms with van der Waals surface area (Å²) < 4.78 is 13.2. The van der Waals surface area contributed by atoms with E-state index in [1.54, 1.807) is 23.5 Å². The van der Waals surface area contributed by atoms with Crippen molar-refractivity contribution in [1.29, 1.82) is 0 Å². The van der Waals surface area contributed by atoms with E-state index in [9.17, 15) is 0 Å². The Balaban J connectivity index is 1.07. The molecule has 6 aromatic carbocycles. The number of hydrogen-bond donors (Lipinski definition) is 0. The fraction of sp³-hybridized carbons (Fsp3) is 0.379. The van der Waals surface area contributed by atoms with Crippen LogP contribution in [0.3, 0.4) is 0 Å². The number of nitrogens with zero attached hydrogens (tertiary/aromatic N) is 2. The van der Waals surface area contributed by atoms with E-state index in [4.69, 9.17) is 18.2 Å². The molecule has 0 radical (unpaired) electrons. The maximum atomic E-state index is 6.59. The molecule has 0 saturated carbocycles. The summed E-state index contributed by atoms with van der Waals surface area (Å²) in [5.41, 5.74) is 12.0. The number of rotatable bonds is 22. The van der Waals surface area contributed by atoms with E-state index >= 15 is 0 Å². The summed E-state index contributed by atoms with van der Waals surface area (Å²) in [4.78, 5) is 13.6. The summed E-state index contributed by atoms with van der Waals surface area (Å²) in [6, 6.07) is 47.5. The number of hydrogen-bond acceptors (Lipinski definition) is 6. The van der Waals surface area contributed by atoms with Crippen molar-refractivity contribution >= 4 is 89.0 Å². The van der Waals surface area contributed by atoms with Gasteiger partial charge >= 0.3 is 0 Å². The fourth-order valence-electron chi connectivity index (χ4n) is 10.2. The van der Waals surface area contributed by atoms with Gasteiger partial charge in [0.05, 0.1) is 11.4 Å². The Morgan fingerprint density at radius 3 is 1.10 bits per heavy atom. The number of benzene rings is 6. The molecule has 0 atom stereocenters. The third-order valence-electron chi connectivity index (χ3n) is 12.8. The van der Waals surface area contributed by atoms with E-state index in [1.165, 1.54) is 117 Å². The molecule has 0 bridgehead atoms. The van der Waals surface area contributed by atoms with Crippen LogP contribution in [-0.2, 0) is 21.1 Å². The van der Waals surface area contributed by atoms with Crippen molar-refractivity contribution in [3.05, 3.63) is 144 Å². The summed E-state index contributed by atoms with van der Waals surface area (Å²) >= 11 is 3.59. The smallest absolute Gasteiger partial charge is 0.173 e. The summed E-state index contributed by atoms with van der Waals surface area (Å²) in [7, 11) is -6.11. The average Bonchev–Trinajstić information content (AvgIpc) is 3.29. The molecule has 10 heteroatoms. The van der Waals surface area contributed by atoms with E-state index in [0.29, 0.717) is 0 Å². The predicted octanol–water partition coefficient (Wildman–Crippen LogP) is 18.9. The van der Waals surface area contributed by atoms with Crippen LogP contribution in [0.25, 0.3) is 33.0 Å². The number of thioether (sulfide) groups is 2. The monoisotopic (exact) mass is 1010 g/mol. The van der Waals surface area contributed by atoms with E-state index in [2.05, 4.69) is 187 Å². The largest absolute Gasteiger partial charge is 0.456 e. The Bertz CT molecular complexity index is 2550. The molecule has 0 aromatic heterocycles. The van der Waals surface area contributed by atoms with Crippen LogP contribution in [-0.4, -0.2) is 43.4 Å². The second-order valence-corrected chi connectivity index (χ2v) is 42.4. The molecule has 0 aliphatic carbocycles. The zero-order valence-corrected chi connectivity index (χ0v) is 48.2. The minimum atomic E-state index is -1.57. The third-order valence-corrected chi connectivity index (χ3v) is 27.4. The van der Waals surface area contributed by atoms with Crippen LogP contribution < -0.4 is 0 Å². The van der Waals surface area contributed by atoms with Crippen LogP contribution in [0.15, 0.2) is 141 Å². The molecule has 0 unspecified atom stereocenters. The second-order valence-electron chi connectivity index (χ2n) is 22.2. The molecule has 0 saturated heterocycles. The minimum Gasteiger partial charge on any atom is -0.456 e. The molecule has 356 valence electrons. The SMILES string of the molecule is C[Si](C)(C)O[Si](C)(C)CCCCCCc1ccc(-c2cc3c4c(c(-c5ccc(CCCCCC[Si](C)(C)O[Si](C)(C)C)cc5)cc5c4c2N=C(c2ccccc2)S5)N=C(c2ccccc2)S3)cc1. The van der Waals surface area contributed by atoms with Gasteiger partial charge in [-0.3, -0.25) is 0 Å². The highest BCUT2D eigenvalue weighted by atomic mass is 32.2. The first-order valence-corrected chi connectivity index (χ1v) is 40.0. The van der Waals surface area contributed by atoms with E-state index < -0.39 is 33.3 Å². The maximum absolute atomic E-state index is 6.59. The van der Waals surface area contributed by atoms with Gasteiger partial charge in [0, 0.05) is 42.8 Å². The molecule has 2 heterocycles. The van der Waals surface area contributed by atoms with Crippen molar-refractivity contribution in [2.24, 2.45) is 9.98 Å². The lowest BCUT2D eigenvalue weighted by Gasteiger charge is -2.31. The molecule has 0 fully saturated rings. The van der Waals surface area contributed by atoms with E-state index in [1.807, 2.05) is 0 Å². The molecule has 6 aromatic rings. The number of aryl methyl sites for hydroxylation is 2. The van der Waals surface area contributed by atoms with Gasteiger partial charge in [0.1, 0.15) is 10.1 Å². The highest BCUT2D eigenvalue weighted by Gasteiger charge is 2.32. The Morgan fingerprint density at radius 2 is 0.750 bits per heavy atom. The zero-order valence-electron chi connectivity index (χ0n) is 42.6. The first-order valence-electron chi connectivity index (χ1n) is 25.3. The fourth-order valence-corrected chi connectivity index (χ4v) is 28.6. The quantitative estimate of drug-likeness (QED) is 0.0502. The van der Waals surface area contributed by atoms with Gasteiger partial charge in [-0.1, -0.05) is 171 Å². The lowest BCUT2D eigenvalue weighted by Crippen LogP contribution is -2.42. The highest BCUT2D eigenvalue weighted by molar-refractivity contribution is 8.15. The summed E-state index contributed by atoms with van der Waals surface area (Å²) in [5.74, 6) is 0. The molecule has 4 nitrogen and oxygen atoms in total. The average molecular weight is 1010 g/mol. The lowest BCUT2D eigenvalue weighted by molar-refractivity contribution is 0.537. The van der Waals surface area contributed by atoms with Crippen molar-refractivity contribution in [3.63, 3.8) is 0 Å². The van der Waals surface area contributed by atoms with Crippen LogP contribution in [0.1, 0.15) is 73.6 Å². The van der Waals surface area contributed by atoms with Gasteiger partial charge in [-0.15, -0.1) is 0 Å². The molecular formula is C58H74N2O2S2Si4. The Hall–Kier alpha value is -3.59. The van der Waals surface area contributed by atoms with Crippen molar-refractivity contribution in [2.45, 2.75) is 152 Å². The maximum Gasteiger partial charge on any atom is 0.173 e. The molecule has 0 N–H and O–H groups in total. The number of unbranched alkanes of at least 4 members (excludes halogenated alkanes) is 6. The Kier molecular flexibility index (Phi) is 16.3. The van der Waals surface area contributed by atoms with Crippen molar-refractivity contribution in [1.82, 2.24) is 0 Å². The summed E-state index contributed by atoms with van der Waals surface area (Å²) in [6.07, 6.45) is 12.3. The highest BCUT2D eigenvalue weighted by Crippen LogP contribution is 2.57. The van der Waals surface area contributed by atoms with Gasteiger partial charge < -0.3 is 8.23 Å². The first kappa shape index (κ1) is 50.8. The Morgan fingerprint density at radius 1 is 0.397 bits per heavy atom. The molecule has 8 rings (SSSR count). The Labute approximate surface area is 421 Å². The van der Waals surface area contributed by atoms with Crippen LogP contribution in [0.5, 0.6) is 0 Å². The summed E-state index contributed by atoms with van der Waals surface area (Å²) in [5, 5.41) is 4.49. The van der Waals surface area contributed by atoms with Crippen molar-refractivity contribution < 1.29 is 8.23 Å². The molecule has 2 aliphatic heterocycles. The molecule has 2 aliphatic rings. The van der Waals surface area contributed by atoms with Gasteiger partial charge in [0.15, 0.2) is 33.3 Å². The predicted molar refractivity (Wildman–Crippen MR) is 310 cm³/mol. The van der Waals surface area contributed by atoms with Gasteiger partial charge in [0.25, 0.3) is 0 Å². The van der Waals surface area contributed by atoms with Crippen LogP contribution in [0, 0.1) is 0 Å². The van der Waals surface area contributed by atoms with E-state index in [0.717, 1.165) is 45.4 Å². The van der Waals surface area contributed by atoms with Crippen molar-refractivity contribution in [2.75, 3.05) is 0 Å². The van der Waals surface area contributed by atoms with Gasteiger partial charge in [-0.05, 0) is 138 Å². The van der Waals surface area contributed by atoms with Crippen LogP contribution in [0.4, 0.5) is 11.4 Å². The van der Waals surface area contributed by atoms with E-state index in [-0.39, 0.29) is 0 Å².